The summed E-state index contributed by atoms with van der Waals surface area (Å²) >= 11 is 0. The summed E-state index contributed by atoms with van der Waals surface area (Å²) < 4.78 is 0. The van der Waals surface area contributed by atoms with Crippen LogP contribution in [0.15, 0.2) is 36.4 Å². The van der Waals surface area contributed by atoms with E-state index in [1.54, 1.807) is 0 Å². The molecule has 2 nitrogen and oxygen atoms in total. The third kappa shape index (κ3) is 4.17. The maximum Gasteiger partial charge on any atom is 0.0585 e. The van der Waals surface area contributed by atoms with Crippen molar-refractivity contribution in [3.05, 3.63) is 42.0 Å². The zero-order valence-corrected chi connectivity index (χ0v) is 10.1. The highest BCUT2D eigenvalue weighted by atomic mass is 16.3. The average molecular weight is 219 g/mol. The molecule has 1 unspecified atom stereocenters. The molecule has 88 valence electrons. The van der Waals surface area contributed by atoms with Gasteiger partial charge in [0.15, 0.2) is 0 Å². The Balaban J connectivity index is 2.89. The molecular weight excluding hydrogens is 198 g/mol. The Labute approximate surface area is 97.8 Å². The molecule has 0 radical (unpaired) electrons. The first-order chi connectivity index (χ1) is 7.63. The third-order valence-electron chi connectivity index (χ3n) is 2.40. The lowest BCUT2D eigenvalue weighted by Gasteiger charge is -2.13. The van der Waals surface area contributed by atoms with Crippen LogP contribution in [0.1, 0.15) is 25.8 Å². The van der Waals surface area contributed by atoms with E-state index in [2.05, 4.69) is 32.1 Å². The number of rotatable bonds is 5. The summed E-state index contributed by atoms with van der Waals surface area (Å²) in [5, 5.41) is 9.01. The van der Waals surface area contributed by atoms with Gasteiger partial charge in [-0.1, -0.05) is 50.3 Å². The monoisotopic (exact) mass is 219 g/mol. The Bertz CT molecular complexity index is 330. The number of hydrogen-bond acceptors (Lipinski definition) is 2. The van der Waals surface area contributed by atoms with E-state index in [0.29, 0.717) is 5.92 Å². The lowest BCUT2D eigenvalue weighted by molar-refractivity contribution is 0.267. The van der Waals surface area contributed by atoms with E-state index in [0.717, 1.165) is 6.42 Å². The predicted octanol–water partition coefficient (Wildman–Crippen LogP) is 2.44. The lowest BCUT2D eigenvalue weighted by Crippen LogP contribution is -2.24. The van der Waals surface area contributed by atoms with Gasteiger partial charge in [0.05, 0.1) is 6.61 Å². The zero-order valence-electron chi connectivity index (χ0n) is 10.1. The molecule has 1 aromatic carbocycles. The van der Waals surface area contributed by atoms with Crippen molar-refractivity contribution in [3.8, 4) is 0 Å². The highest BCUT2D eigenvalue weighted by molar-refractivity contribution is 5.66. The van der Waals surface area contributed by atoms with Crippen LogP contribution in [0.2, 0.25) is 0 Å². The van der Waals surface area contributed by atoms with E-state index < -0.39 is 0 Å². The van der Waals surface area contributed by atoms with Crippen molar-refractivity contribution in [2.45, 2.75) is 26.3 Å². The SMILES string of the molecule is CC(C)/C=C(\CC(N)CO)c1ccccc1. The molecule has 0 spiro atoms. The highest BCUT2D eigenvalue weighted by Gasteiger charge is 2.07. The largest absolute Gasteiger partial charge is 0.395 e. The van der Waals surface area contributed by atoms with Crippen LogP contribution in [0, 0.1) is 5.92 Å². The van der Waals surface area contributed by atoms with Crippen molar-refractivity contribution in [2.24, 2.45) is 11.7 Å². The van der Waals surface area contributed by atoms with Crippen molar-refractivity contribution in [2.75, 3.05) is 6.61 Å². The molecule has 0 heterocycles. The number of nitrogens with two attached hydrogens (primary N) is 1. The van der Waals surface area contributed by atoms with Gasteiger partial charge in [-0.05, 0) is 23.5 Å². The molecule has 1 rings (SSSR count). The second kappa shape index (κ2) is 6.46. The molecule has 0 aliphatic rings. The van der Waals surface area contributed by atoms with Gasteiger partial charge in [0, 0.05) is 6.04 Å². The van der Waals surface area contributed by atoms with Crippen LogP contribution in [0.4, 0.5) is 0 Å². The summed E-state index contributed by atoms with van der Waals surface area (Å²) in [4.78, 5) is 0. The smallest absolute Gasteiger partial charge is 0.0585 e. The van der Waals surface area contributed by atoms with Crippen LogP contribution < -0.4 is 5.73 Å². The molecular formula is C14H21NO. The van der Waals surface area contributed by atoms with Crippen LogP contribution in [-0.4, -0.2) is 17.8 Å². The highest BCUT2D eigenvalue weighted by Crippen LogP contribution is 2.21. The van der Waals surface area contributed by atoms with Crippen molar-refractivity contribution in [1.82, 2.24) is 0 Å². The van der Waals surface area contributed by atoms with Crippen molar-refractivity contribution >= 4 is 5.57 Å². The summed E-state index contributed by atoms with van der Waals surface area (Å²) in [5.74, 6) is 0.487. The number of benzene rings is 1. The lowest BCUT2D eigenvalue weighted by atomic mass is 9.96. The van der Waals surface area contributed by atoms with Gasteiger partial charge in [-0.3, -0.25) is 0 Å². The maximum atomic E-state index is 9.01. The van der Waals surface area contributed by atoms with Crippen LogP contribution in [-0.2, 0) is 0 Å². The van der Waals surface area contributed by atoms with E-state index in [4.69, 9.17) is 10.8 Å². The number of aliphatic hydroxyl groups is 1. The summed E-state index contributed by atoms with van der Waals surface area (Å²) in [6.45, 7) is 4.32. The summed E-state index contributed by atoms with van der Waals surface area (Å²) in [7, 11) is 0. The number of hydrogen-bond donors (Lipinski definition) is 2. The minimum atomic E-state index is -0.176. The second-order valence-electron chi connectivity index (χ2n) is 4.45. The van der Waals surface area contributed by atoms with Crippen molar-refractivity contribution in [1.29, 1.82) is 0 Å². The molecule has 0 fully saturated rings. The first-order valence-electron chi connectivity index (χ1n) is 5.76. The van der Waals surface area contributed by atoms with E-state index >= 15 is 0 Å². The predicted molar refractivity (Wildman–Crippen MR) is 68.9 cm³/mol. The van der Waals surface area contributed by atoms with Gasteiger partial charge in [-0.15, -0.1) is 0 Å². The van der Waals surface area contributed by atoms with Gasteiger partial charge >= 0.3 is 0 Å². The van der Waals surface area contributed by atoms with Gasteiger partial charge in [0.1, 0.15) is 0 Å². The Kier molecular flexibility index (Phi) is 5.23. The standard InChI is InChI=1S/C14H21NO/c1-11(2)8-13(9-14(15)10-16)12-6-4-3-5-7-12/h3-8,11,14,16H,9-10,15H2,1-2H3/b13-8+. The number of allylic oxidation sites excluding steroid dienone is 1. The fraction of sp³-hybridized carbons (Fsp3) is 0.429. The molecule has 1 aromatic rings. The minimum Gasteiger partial charge on any atom is -0.395 e. The Morgan fingerprint density at radius 2 is 1.94 bits per heavy atom. The fourth-order valence-electron chi connectivity index (χ4n) is 1.68. The first-order valence-corrected chi connectivity index (χ1v) is 5.76. The zero-order chi connectivity index (χ0) is 12.0. The van der Waals surface area contributed by atoms with Gasteiger partial charge in [0.25, 0.3) is 0 Å². The Morgan fingerprint density at radius 1 is 1.31 bits per heavy atom. The molecule has 0 bridgehead atoms. The summed E-state index contributed by atoms with van der Waals surface area (Å²) in [5.41, 5.74) is 8.21. The van der Waals surface area contributed by atoms with Crippen LogP contribution in [0.3, 0.4) is 0 Å². The van der Waals surface area contributed by atoms with Crippen molar-refractivity contribution < 1.29 is 5.11 Å². The Hall–Kier alpha value is -1.12. The third-order valence-corrected chi connectivity index (χ3v) is 2.40. The van der Waals surface area contributed by atoms with Gasteiger partial charge in [-0.2, -0.15) is 0 Å². The molecule has 0 aromatic heterocycles. The van der Waals surface area contributed by atoms with Crippen LogP contribution in [0.25, 0.3) is 5.57 Å². The minimum absolute atomic E-state index is 0.0300. The average Bonchev–Trinajstić information content (AvgIpc) is 2.28. The quantitative estimate of drug-likeness (QED) is 0.799. The molecule has 0 amide bonds. The van der Waals surface area contributed by atoms with E-state index in [9.17, 15) is 0 Å². The number of aliphatic hydroxyl groups excluding tert-OH is 1. The second-order valence-corrected chi connectivity index (χ2v) is 4.45. The molecule has 0 saturated carbocycles. The van der Waals surface area contributed by atoms with Gasteiger partial charge in [-0.25, -0.2) is 0 Å². The van der Waals surface area contributed by atoms with Gasteiger partial charge < -0.3 is 10.8 Å². The molecule has 3 N–H and O–H groups in total. The first kappa shape index (κ1) is 12.9. The van der Waals surface area contributed by atoms with E-state index in [1.165, 1.54) is 11.1 Å². The summed E-state index contributed by atoms with van der Waals surface area (Å²) in [6.07, 6.45) is 2.93. The fourth-order valence-corrected chi connectivity index (χ4v) is 1.68. The summed E-state index contributed by atoms with van der Waals surface area (Å²) in [6, 6.07) is 10.0. The van der Waals surface area contributed by atoms with Crippen molar-refractivity contribution in [3.63, 3.8) is 0 Å². The molecule has 0 aliphatic carbocycles. The normalized spacial score (nSPS) is 14.2. The molecule has 0 aliphatic heterocycles. The van der Waals surface area contributed by atoms with Crippen LogP contribution >= 0.6 is 0 Å². The van der Waals surface area contributed by atoms with Gasteiger partial charge in [0.2, 0.25) is 0 Å². The topological polar surface area (TPSA) is 46.2 Å². The molecule has 16 heavy (non-hydrogen) atoms. The maximum absolute atomic E-state index is 9.01. The molecule has 2 heteroatoms. The molecule has 1 atom stereocenters. The van der Waals surface area contributed by atoms with E-state index in [1.807, 2.05) is 18.2 Å². The van der Waals surface area contributed by atoms with E-state index in [-0.39, 0.29) is 12.6 Å². The van der Waals surface area contributed by atoms with Crippen LogP contribution in [0.5, 0.6) is 0 Å². The molecule has 0 saturated heterocycles. The Morgan fingerprint density at radius 3 is 2.44 bits per heavy atom.